The lowest BCUT2D eigenvalue weighted by Gasteiger charge is -2.10. The number of nitrogen functional groups attached to an aromatic ring is 1. The first-order chi connectivity index (χ1) is 10.2. The molecule has 0 bridgehead atoms. The molecule has 5 nitrogen and oxygen atoms in total. The summed E-state index contributed by atoms with van der Waals surface area (Å²) >= 11 is 0. The predicted octanol–water partition coefficient (Wildman–Crippen LogP) is 2.38. The van der Waals surface area contributed by atoms with Crippen LogP contribution in [-0.2, 0) is 6.54 Å². The second-order valence-corrected chi connectivity index (χ2v) is 4.60. The Morgan fingerprint density at radius 2 is 2.19 bits per heavy atom. The second-order valence-electron chi connectivity index (χ2n) is 4.60. The van der Waals surface area contributed by atoms with Gasteiger partial charge in [0.1, 0.15) is 5.75 Å². The summed E-state index contributed by atoms with van der Waals surface area (Å²) in [5.41, 5.74) is 7.67. The van der Waals surface area contributed by atoms with Crippen LogP contribution in [0.1, 0.15) is 29.4 Å². The van der Waals surface area contributed by atoms with Crippen molar-refractivity contribution in [3.05, 3.63) is 53.9 Å². The maximum Gasteiger partial charge on any atom is 0.251 e. The van der Waals surface area contributed by atoms with Gasteiger partial charge in [-0.15, -0.1) is 0 Å². The summed E-state index contributed by atoms with van der Waals surface area (Å²) in [4.78, 5) is 16.2. The number of nitrogens with one attached hydrogen (secondary N) is 1. The van der Waals surface area contributed by atoms with Gasteiger partial charge in [0, 0.05) is 11.8 Å². The van der Waals surface area contributed by atoms with E-state index in [1.165, 1.54) is 0 Å². The van der Waals surface area contributed by atoms with E-state index in [9.17, 15) is 4.79 Å². The van der Waals surface area contributed by atoms with E-state index in [1.807, 2.05) is 25.1 Å². The monoisotopic (exact) mass is 285 g/mol. The lowest BCUT2D eigenvalue weighted by Crippen LogP contribution is -2.23. The number of benzene rings is 1. The average Bonchev–Trinajstić information content (AvgIpc) is 2.52. The zero-order valence-corrected chi connectivity index (χ0v) is 12.0. The number of pyridine rings is 1. The highest BCUT2D eigenvalue weighted by molar-refractivity contribution is 5.95. The molecule has 1 aromatic carbocycles. The van der Waals surface area contributed by atoms with E-state index < -0.39 is 0 Å². The molecule has 0 atom stereocenters. The predicted molar refractivity (Wildman–Crippen MR) is 82.0 cm³/mol. The molecule has 2 rings (SSSR count). The second kappa shape index (κ2) is 7.28. The van der Waals surface area contributed by atoms with E-state index in [0.29, 0.717) is 30.2 Å². The van der Waals surface area contributed by atoms with Crippen LogP contribution in [0.15, 0.2) is 42.6 Å². The lowest BCUT2D eigenvalue weighted by atomic mass is 10.1. The Morgan fingerprint density at radius 3 is 2.86 bits per heavy atom. The van der Waals surface area contributed by atoms with Gasteiger partial charge in [-0.2, -0.15) is 0 Å². The number of amides is 1. The fourth-order valence-electron chi connectivity index (χ4n) is 1.81. The molecule has 0 aliphatic heterocycles. The maximum atomic E-state index is 12.1. The molecule has 1 heterocycles. The smallest absolute Gasteiger partial charge is 0.251 e. The highest BCUT2D eigenvalue weighted by Gasteiger charge is 2.09. The molecule has 1 amide bonds. The number of rotatable bonds is 6. The summed E-state index contributed by atoms with van der Waals surface area (Å²) in [5, 5.41) is 2.81. The Bertz CT molecular complexity index is 600. The number of hydrogen-bond donors (Lipinski definition) is 2. The van der Waals surface area contributed by atoms with Crippen LogP contribution >= 0.6 is 0 Å². The SMILES string of the molecule is CCCOc1ccc(C(=O)NCc2ccccn2)cc1N. The van der Waals surface area contributed by atoms with E-state index in [1.54, 1.807) is 24.4 Å². The quantitative estimate of drug-likeness (QED) is 0.799. The Balaban J connectivity index is 1.98. The van der Waals surface area contributed by atoms with Gasteiger partial charge < -0.3 is 15.8 Å². The number of aromatic nitrogens is 1. The molecule has 2 aromatic rings. The van der Waals surface area contributed by atoms with Gasteiger partial charge in [0.2, 0.25) is 0 Å². The van der Waals surface area contributed by atoms with Gasteiger partial charge in [-0.25, -0.2) is 0 Å². The van der Waals surface area contributed by atoms with Crippen molar-refractivity contribution in [3.8, 4) is 5.75 Å². The molecular weight excluding hydrogens is 266 g/mol. The van der Waals surface area contributed by atoms with Gasteiger partial charge in [-0.1, -0.05) is 13.0 Å². The van der Waals surface area contributed by atoms with Crippen LogP contribution in [0.5, 0.6) is 5.75 Å². The summed E-state index contributed by atoms with van der Waals surface area (Å²) in [6.07, 6.45) is 2.60. The zero-order valence-electron chi connectivity index (χ0n) is 12.0. The number of nitrogens with two attached hydrogens (primary N) is 1. The van der Waals surface area contributed by atoms with E-state index in [4.69, 9.17) is 10.5 Å². The van der Waals surface area contributed by atoms with Crippen molar-refractivity contribution in [3.63, 3.8) is 0 Å². The molecule has 0 unspecified atom stereocenters. The number of anilines is 1. The van der Waals surface area contributed by atoms with Gasteiger partial charge >= 0.3 is 0 Å². The first kappa shape index (κ1) is 14.8. The molecule has 0 spiro atoms. The van der Waals surface area contributed by atoms with Crippen LogP contribution < -0.4 is 15.8 Å². The van der Waals surface area contributed by atoms with E-state index in [-0.39, 0.29) is 5.91 Å². The molecule has 0 aliphatic rings. The standard InChI is InChI=1S/C16H19N3O2/c1-2-9-21-15-7-6-12(10-14(15)17)16(20)19-11-13-5-3-4-8-18-13/h3-8,10H,2,9,11,17H2,1H3,(H,19,20). The number of ether oxygens (including phenoxy) is 1. The number of nitrogens with zero attached hydrogens (tertiary/aromatic N) is 1. The minimum absolute atomic E-state index is 0.186. The summed E-state index contributed by atoms with van der Waals surface area (Å²) in [6.45, 7) is 3.01. The van der Waals surface area contributed by atoms with Crippen molar-refractivity contribution in [2.24, 2.45) is 0 Å². The largest absolute Gasteiger partial charge is 0.491 e. The van der Waals surface area contributed by atoms with Crippen molar-refractivity contribution in [2.75, 3.05) is 12.3 Å². The topological polar surface area (TPSA) is 77.2 Å². The molecule has 0 saturated heterocycles. The Labute approximate surface area is 124 Å². The highest BCUT2D eigenvalue weighted by atomic mass is 16.5. The maximum absolute atomic E-state index is 12.1. The minimum atomic E-state index is -0.186. The summed E-state index contributed by atoms with van der Waals surface area (Å²) in [6, 6.07) is 10.6. The Morgan fingerprint density at radius 1 is 1.33 bits per heavy atom. The van der Waals surface area contributed by atoms with Crippen molar-refractivity contribution >= 4 is 11.6 Å². The third kappa shape index (κ3) is 4.21. The average molecular weight is 285 g/mol. The fourth-order valence-corrected chi connectivity index (χ4v) is 1.81. The van der Waals surface area contributed by atoms with Crippen molar-refractivity contribution < 1.29 is 9.53 Å². The van der Waals surface area contributed by atoms with Gasteiger partial charge in [0.25, 0.3) is 5.91 Å². The van der Waals surface area contributed by atoms with Gasteiger partial charge in [0.15, 0.2) is 0 Å². The van der Waals surface area contributed by atoms with Gasteiger partial charge in [-0.3, -0.25) is 9.78 Å². The van der Waals surface area contributed by atoms with Crippen LogP contribution in [0.4, 0.5) is 5.69 Å². The normalized spacial score (nSPS) is 10.1. The summed E-state index contributed by atoms with van der Waals surface area (Å²) in [7, 11) is 0. The highest BCUT2D eigenvalue weighted by Crippen LogP contribution is 2.22. The van der Waals surface area contributed by atoms with Crippen LogP contribution in [0.2, 0.25) is 0 Å². The Kier molecular flexibility index (Phi) is 5.15. The molecule has 0 radical (unpaired) electrons. The number of carbonyl (C=O) groups excluding carboxylic acids is 1. The molecule has 21 heavy (non-hydrogen) atoms. The van der Waals surface area contributed by atoms with Crippen LogP contribution in [-0.4, -0.2) is 17.5 Å². The zero-order chi connectivity index (χ0) is 15.1. The molecule has 0 aliphatic carbocycles. The van der Waals surface area contributed by atoms with Crippen LogP contribution in [0.3, 0.4) is 0 Å². The first-order valence-corrected chi connectivity index (χ1v) is 6.91. The van der Waals surface area contributed by atoms with E-state index in [0.717, 1.165) is 12.1 Å². The first-order valence-electron chi connectivity index (χ1n) is 6.91. The van der Waals surface area contributed by atoms with Gasteiger partial charge in [0.05, 0.1) is 24.5 Å². The van der Waals surface area contributed by atoms with E-state index in [2.05, 4.69) is 10.3 Å². The van der Waals surface area contributed by atoms with Crippen molar-refractivity contribution in [1.29, 1.82) is 0 Å². The minimum Gasteiger partial charge on any atom is -0.491 e. The number of hydrogen-bond acceptors (Lipinski definition) is 4. The molecule has 5 heteroatoms. The van der Waals surface area contributed by atoms with E-state index >= 15 is 0 Å². The van der Waals surface area contributed by atoms with Crippen molar-refractivity contribution in [2.45, 2.75) is 19.9 Å². The molecular formula is C16H19N3O2. The molecule has 0 fully saturated rings. The molecule has 110 valence electrons. The molecule has 1 aromatic heterocycles. The molecule has 3 N–H and O–H groups in total. The Hall–Kier alpha value is -2.56. The molecule has 0 saturated carbocycles. The third-order valence-electron chi connectivity index (χ3n) is 2.89. The summed E-state index contributed by atoms with van der Waals surface area (Å²) < 4.78 is 5.48. The lowest BCUT2D eigenvalue weighted by molar-refractivity contribution is 0.0950. The summed E-state index contributed by atoms with van der Waals surface area (Å²) in [5.74, 6) is 0.424. The number of carbonyl (C=O) groups is 1. The van der Waals surface area contributed by atoms with Crippen molar-refractivity contribution in [1.82, 2.24) is 10.3 Å². The van der Waals surface area contributed by atoms with Gasteiger partial charge in [-0.05, 0) is 36.8 Å². The van der Waals surface area contributed by atoms with Crippen LogP contribution in [0, 0.1) is 0 Å². The van der Waals surface area contributed by atoms with Crippen LogP contribution in [0.25, 0.3) is 0 Å². The third-order valence-corrected chi connectivity index (χ3v) is 2.89. The fraction of sp³-hybridized carbons (Fsp3) is 0.250.